The van der Waals surface area contributed by atoms with Crippen LogP contribution in [0.5, 0.6) is 0 Å². The fourth-order valence-corrected chi connectivity index (χ4v) is 3.72. The Balaban J connectivity index is 1.35. The van der Waals surface area contributed by atoms with E-state index >= 15 is 0 Å². The lowest BCUT2D eigenvalue weighted by Crippen LogP contribution is -2.49. The predicted molar refractivity (Wildman–Crippen MR) is 91.7 cm³/mol. The first kappa shape index (κ1) is 15.3. The Morgan fingerprint density at radius 1 is 1.23 bits per heavy atom. The van der Waals surface area contributed by atoms with Gasteiger partial charge in [-0.25, -0.2) is 9.36 Å². The number of fused-ring (bicyclic) bond motifs is 3. The van der Waals surface area contributed by atoms with Gasteiger partial charge in [-0.15, -0.1) is 5.10 Å². The molecule has 1 fully saturated rings. The van der Waals surface area contributed by atoms with Crippen LogP contribution in [0.15, 0.2) is 48.9 Å². The highest BCUT2D eigenvalue weighted by Crippen LogP contribution is 2.30. The second kappa shape index (κ2) is 6.06. The Labute approximate surface area is 150 Å². The highest BCUT2D eigenvalue weighted by molar-refractivity contribution is 5.94. The molecule has 1 amide bonds. The molecule has 8 heteroatoms. The molecular weight excluding hydrogens is 332 g/mol. The van der Waals surface area contributed by atoms with E-state index in [1.54, 1.807) is 17.1 Å². The van der Waals surface area contributed by atoms with Crippen LogP contribution in [0.25, 0.3) is 5.69 Å². The lowest BCUT2D eigenvalue weighted by atomic mass is 9.99. The maximum Gasteiger partial charge on any atom is 0.253 e. The number of amides is 1. The number of aromatic nitrogens is 5. The summed E-state index contributed by atoms with van der Waals surface area (Å²) < 4.78 is 9.59. The number of nitrogens with zero attached hydrogens (tertiary/aromatic N) is 6. The molecule has 0 N–H and O–H groups in total. The Morgan fingerprint density at radius 3 is 2.92 bits per heavy atom. The number of likely N-dealkylation sites (tertiary alicyclic amines) is 1. The van der Waals surface area contributed by atoms with E-state index in [4.69, 9.17) is 4.74 Å². The van der Waals surface area contributed by atoms with Crippen LogP contribution in [0.2, 0.25) is 0 Å². The predicted octanol–water partition coefficient (Wildman–Crippen LogP) is 1.45. The largest absolute Gasteiger partial charge is 0.370 e. The van der Waals surface area contributed by atoms with Gasteiger partial charge in [-0.1, -0.05) is 5.21 Å². The smallest absolute Gasteiger partial charge is 0.253 e. The fourth-order valence-electron chi connectivity index (χ4n) is 3.72. The standard InChI is InChI=1S/C18H18N6O2/c25-18(13-2-4-14(5-3-13)23-8-1-7-20-23)22-9-6-17-16(11-22)24-15(12-26-17)10-19-21-24/h1-5,7-8,10,16-17H,6,9,11-12H2/t16-,17+/m1/s1. The van der Waals surface area contributed by atoms with Gasteiger partial charge in [0.15, 0.2) is 0 Å². The van der Waals surface area contributed by atoms with Crippen molar-refractivity contribution in [3.63, 3.8) is 0 Å². The Morgan fingerprint density at radius 2 is 2.12 bits per heavy atom. The molecule has 0 bridgehead atoms. The number of benzene rings is 1. The normalized spacial score (nSPS) is 21.9. The average Bonchev–Trinajstić information content (AvgIpc) is 3.39. The average molecular weight is 350 g/mol. The topological polar surface area (TPSA) is 78.1 Å². The SMILES string of the molecule is O=C(c1ccc(-n2cccn2)cc1)N1CC[C@@H]2OCc3cnnn3[C@@H]2C1. The zero-order chi connectivity index (χ0) is 17.5. The van der Waals surface area contributed by atoms with Gasteiger partial charge < -0.3 is 9.64 Å². The second-order valence-electron chi connectivity index (χ2n) is 6.62. The van der Waals surface area contributed by atoms with Gasteiger partial charge in [0.25, 0.3) is 5.91 Å². The van der Waals surface area contributed by atoms with Crippen LogP contribution in [0.1, 0.15) is 28.5 Å². The van der Waals surface area contributed by atoms with Gasteiger partial charge in [-0.3, -0.25) is 4.79 Å². The lowest BCUT2D eigenvalue weighted by molar-refractivity contribution is -0.0605. The van der Waals surface area contributed by atoms with E-state index in [1.165, 1.54) is 0 Å². The summed E-state index contributed by atoms with van der Waals surface area (Å²) in [5, 5.41) is 12.4. The highest BCUT2D eigenvalue weighted by atomic mass is 16.5. The van der Waals surface area contributed by atoms with Gasteiger partial charge in [0.2, 0.25) is 0 Å². The molecular formula is C18H18N6O2. The maximum atomic E-state index is 12.9. The third-order valence-electron chi connectivity index (χ3n) is 5.10. The molecule has 0 spiro atoms. The van der Waals surface area contributed by atoms with E-state index < -0.39 is 0 Å². The van der Waals surface area contributed by atoms with Crippen molar-refractivity contribution in [1.82, 2.24) is 29.7 Å². The molecule has 0 radical (unpaired) electrons. The number of carbonyl (C=O) groups is 1. The van der Waals surface area contributed by atoms with Crippen molar-refractivity contribution in [2.75, 3.05) is 13.1 Å². The van der Waals surface area contributed by atoms with E-state index in [2.05, 4.69) is 15.4 Å². The molecule has 2 atom stereocenters. The molecule has 26 heavy (non-hydrogen) atoms. The van der Waals surface area contributed by atoms with Crippen molar-refractivity contribution in [2.24, 2.45) is 0 Å². The van der Waals surface area contributed by atoms with Gasteiger partial charge in [-0.05, 0) is 36.8 Å². The summed E-state index contributed by atoms with van der Waals surface area (Å²) in [6, 6.07) is 9.42. The van der Waals surface area contributed by atoms with E-state index in [1.807, 2.05) is 46.1 Å². The molecule has 0 aliphatic carbocycles. The van der Waals surface area contributed by atoms with E-state index in [0.717, 1.165) is 17.8 Å². The molecule has 2 aliphatic rings. The van der Waals surface area contributed by atoms with Crippen molar-refractivity contribution >= 4 is 5.91 Å². The van der Waals surface area contributed by atoms with Crippen LogP contribution in [0, 0.1) is 0 Å². The minimum Gasteiger partial charge on any atom is -0.370 e. The van der Waals surface area contributed by atoms with Crippen LogP contribution in [-0.2, 0) is 11.3 Å². The minimum atomic E-state index is 0.0299. The zero-order valence-electron chi connectivity index (χ0n) is 14.1. The molecule has 4 heterocycles. The molecule has 1 aromatic carbocycles. The molecule has 0 unspecified atom stereocenters. The molecule has 5 rings (SSSR count). The number of rotatable bonds is 2. The second-order valence-corrected chi connectivity index (χ2v) is 6.62. The summed E-state index contributed by atoms with van der Waals surface area (Å²) >= 11 is 0. The van der Waals surface area contributed by atoms with Gasteiger partial charge in [0.1, 0.15) is 0 Å². The van der Waals surface area contributed by atoms with Crippen LogP contribution in [0.3, 0.4) is 0 Å². The molecule has 2 aliphatic heterocycles. The van der Waals surface area contributed by atoms with Gasteiger partial charge in [0.05, 0.1) is 36.3 Å². The number of piperidine rings is 1. The van der Waals surface area contributed by atoms with Gasteiger partial charge in [0, 0.05) is 31.0 Å². The molecule has 1 saturated heterocycles. The quantitative estimate of drug-likeness (QED) is 0.699. The van der Waals surface area contributed by atoms with Gasteiger partial charge >= 0.3 is 0 Å². The number of ether oxygens (including phenoxy) is 1. The van der Waals surface area contributed by atoms with E-state index in [9.17, 15) is 4.79 Å². The summed E-state index contributed by atoms with van der Waals surface area (Å²) in [5.41, 5.74) is 2.57. The highest BCUT2D eigenvalue weighted by Gasteiger charge is 2.38. The minimum absolute atomic E-state index is 0.0299. The summed E-state index contributed by atoms with van der Waals surface area (Å²) in [6.07, 6.45) is 6.23. The maximum absolute atomic E-state index is 12.9. The van der Waals surface area contributed by atoms with Crippen LogP contribution < -0.4 is 0 Å². The van der Waals surface area contributed by atoms with Gasteiger partial charge in [-0.2, -0.15) is 5.10 Å². The van der Waals surface area contributed by atoms with E-state index in [-0.39, 0.29) is 18.1 Å². The first-order valence-corrected chi connectivity index (χ1v) is 8.69. The zero-order valence-corrected chi connectivity index (χ0v) is 14.1. The Hall–Kier alpha value is -3.00. The molecule has 3 aromatic rings. The molecule has 132 valence electrons. The molecule has 0 saturated carbocycles. The monoisotopic (exact) mass is 350 g/mol. The molecule has 2 aromatic heterocycles. The summed E-state index contributed by atoms with van der Waals surface area (Å²) in [6.45, 7) is 1.81. The third-order valence-corrected chi connectivity index (χ3v) is 5.10. The van der Waals surface area contributed by atoms with Crippen molar-refractivity contribution in [3.8, 4) is 5.69 Å². The Kier molecular flexibility index (Phi) is 3.56. The number of carbonyl (C=O) groups excluding carboxylic acids is 1. The summed E-state index contributed by atoms with van der Waals surface area (Å²) in [4.78, 5) is 14.8. The molecule has 8 nitrogen and oxygen atoms in total. The first-order valence-electron chi connectivity index (χ1n) is 8.69. The van der Waals surface area contributed by atoms with E-state index in [0.29, 0.717) is 25.3 Å². The summed E-state index contributed by atoms with van der Waals surface area (Å²) in [5.74, 6) is 0.0303. The van der Waals surface area contributed by atoms with Crippen molar-refractivity contribution in [2.45, 2.75) is 25.2 Å². The van der Waals surface area contributed by atoms with Crippen LogP contribution in [-0.4, -0.2) is 54.8 Å². The third kappa shape index (κ3) is 2.50. The fraction of sp³-hybridized carbons (Fsp3) is 0.333. The van der Waals surface area contributed by atoms with Crippen LogP contribution in [0.4, 0.5) is 0 Å². The first-order chi connectivity index (χ1) is 12.8. The number of hydrogen-bond donors (Lipinski definition) is 0. The lowest BCUT2D eigenvalue weighted by Gasteiger charge is -2.41. The van der Waals surface area contributed by atoms with Crippen LogP contribution >= 0.6 is 0 Å². The number of hydrogen-bond acceptors (Lipinski definition) is 5. The van der Waals surface area contributed by atoms with Crippen molar-refractivity contribution in [3.05, 3.63) is 60.2 Å². The van der Waals surface area contributed by atoms with Crippen molar-refractivity contribution in [1.29, 1.82) is 0 Å². The van der Waals surface area contributed by atoms with Crippen molar-refractivity contribution < 1.29 is 9.53 Å². The summed E-state index contributed by atoms with van der Waals surface area (Å²) in [7, 11) is 0. The Bertz CT molecular complexity index is 918.